The summed E-state index contributed by atoms with van der Waals surface area (Å²) in [5, 5.41) is 17.1. The maximum atomic E-state index is 8.81. The first kappa shape index (κ1) is 11.8. The van der Waals surface area contributed by atoms with Crippen molar-refractivity contribution in [3.05, 3.63) is 52.7 Å². The summed E-state index contributed by atoms with van der Waals surface area (Å²) in [5.41, 5.74) is 1.48. The van der Waals surface area contributed by atoms with E-state index >= 15 is 0 Å². The van der Waals surface area contributed by atoms with Gasteiger partial charge < -0.3 is 9.84 Å². The van der Waals surface area contributed by atoms with Crippen LogP contribution < -0.4 is 4.74 Å². The summed E-state index contributed by atoms with van der Waals surface area (Å²) in [5.74, 6) is 0.419. The molecule has 1 aromatic carbocycles. The van der Waals surface area contributed by atoms with Gasteiger partial charge in [0.1, 0.15) is 6.61 Å². The van der Waals surface area contributed by atoms with Gasteiger partial charge in [-0.25, -0.2) is 0 Å². The van der Waals surface area contributed by atoms with E-state index in [1.807, 2.05) is 18.2 Å². The van der Waals surface area contributed by atoms with Gasteiger partial charge >= 0.3 is 0 Å². The third-order valence-corrected chi connectivity index (χ3v) is 2.37. The van der Waals surface area contributed by atoms with Crippen molar-refractivity contribution < 1.29 is 9.84 Å². The lowest BCUT2D eigenvalue weighted by atomic mass is 10.2. The molecule has 5 heteroatoms. The average molecular weight is 251 g/mol. The number of nitrogens with zero attached hydrogens (tertiary/aromatic N) is 2. The summed E-state index contributed by atoms with van der Waals surface area (Å²) in [7, 11) is 0. The molecule has 0 aliphatic rings. The van der Waals surface area contributed by atoms with Crippen molar-refractivity contribution in [1.82, 2.24) is 10.2 Å². The molecule has 0 atom stereocenters. The monoisotopic (exact) mass is 250 g/mol. The van der Waals surface area contributed by atoms with Crippen molar-refractivity contribution in [3.8, 4) is 5.88 Å². The van der Waals surface area contributed by atoms with Crippen LogP contribution in [0.25, 0.3) is 0 Å². The van der Waals surface area contributed by atoms with Gasteiger partial charge in [-0.05, 0) is 23.8 Å². The molecule has 0 aliphatic heterocycles. The van der Waals surface area contributed by atoms with Gasteiger partial charge in [0.25, 0.3) is 0 Å². The van der Waals surface area contributed by atoms with Crippen LogP contribution in [0.3, 0.4) is 0 Å². The zero-order valence-corrected chi connectivity index (χ0v) is 9.76. The van der Waals surface area contributed by atoms with Crippen molar-refractivity contribution in [3.63, 3.8) is 0 Å². The Morgan fingerprint density at radius 1 is 1.18 bits per heavy atom. The van der Waals surface area contributed by atoms with Gasteiger partial charge in [-0.15, -0.1) is 10.2 Å². The van der Waals surface area contributed by atoms with Gasteiger partial charge in [-0.3, -0.25) is 0 Å². The molecule has 4 nitrogen and oxygen atoms in total. The predicted molar refractivity (Wildman–Crippen MR) is 63.7 cm³/mol. The molecule has 0 aliphatic carbocycles. The SMILES string of the molecule is OCc1ccc(OCc2cccc(Cl)c2)nn1. The molecule has 17 heavy (non-hydrogen) atoms. The van der Waals surface area contributed by atoms with E-state index in [4.69, 9.17) is 21.4 Å². The van der Waals surface area contributed by atoms with Crippen LogP contribution in [0.1, 0.15) is 11.3 Å². The highest BCUT2D eigenvalue weighted by molar-refractivity contribution is 6.30. The Morgan fingerprint density at radius 3 is 2.71 bits per heavy atom. The summed E-state index contributed by atoms with van der Waals surface area (Å²) >= 11 is 5.85. The molecular formula is C12H11ClN2O2. The fourth-order valence-corrected chi connectivity index (χ4v) is 1.51. The standard InChI is InChI=1S/C12H11ClN2O2/c13-10-3-1-2-9(6-10)8-17-12-5-4-11(7-16)14-15-12/h1-6,16H,7-8H2. The van der Waals surface area contributed by atoms with Gasteiger partial charge in [-0.2, -0.15) is 0 Å². The fraction of sp³-hybridized carbons (Fsp3) is 0.167. The number of benzene rings is 1. The van der Waals surface area contributed by atoms with E-state index in [1.165, 1.54) is 0 Å². The highest BCUT2D eigenvalue weighted by atomic mass is 35.5. The molecule has 1 N–H and O–H groups in total. The number of hydrogen-bond donors (Lipinski definition) is 1. The first-order valence-corrected chi connectivity index (χ1v) is 5.46. The minimum Gasteiger partial charge on any atom is -0.472 e. The molecule has 0 saturated carbocycles. The Labute approximate surface area is 104 Å². The molecular weight excluding hydrogens is 240 g/mol. The van der Waals surface area contributed by atoms with Crippen LogP contribution in [0, 0.1) is 0 Å². The van der Waals surface area contributed by atoms with Gasteiger partial charge in [-0.1, -0.05) is 23.7 Å². The smallest absolute Gasteiger partial charge is 0.233 e. The van der Waals surface area contributed by atoms with Crippen molar-refractivity contribution in [2.75, 3.05) is 0 Å². The van der Waals surface area contributed by atoms with Crippen LogP contribution in [-0.4, -0.2) is 15.3 Å². The Bertz CT molecular complexity index is 488. The van der Waals surface area contributed by atoms with E-state index in [0.717, 1.165) is 5.56 Å². The maximum absolute atomic E-state index is 8.81. The normalized spacial score (nSPS) is 10.2. The van der Waals surface area contributed by atoms with Crippen LogP contribution in [-0.2, 0) is 13.2 Å². The van der Waals surface area contributed by atoms with Crippen LogP contribution in [0.5, 0.6) is 5.88 Å². The summed E-state index contributed by atoms with van der Waals surface area (Å²) in [6.07, 6.45) is 0. The van der Waals surface area contributed by atoms with E-state index in [2.05, 4.69) is 10.2 Å². The molecule has 2 aromatic rings. The number of aliphatic hydroxyl groups is 1. The Kier molecular flexibility index (Phi) is 3.90. The second kappa shape index (κ2) is 5.61. The quantitative estimate of drug-likeness (QED) is 0.904. The molecule has 2 rings (SSSR count). The lowest BCUT2D eigenvalue weighted by Gasteiger charge is -2.05. The van der Waals surface area contributed by atoms with Crippen molar-refractivity contribution in [2.24, 2.45) is 0 Å². The fourth-order valence-electron chi connectivity index (χ4n) is 1.29. The summed E-state index contributed by atoms with van der Waals surface area (Å²) < 4.78 is 5.43. The van der Waals surface area contributed by atoms with Gasteiger partial charge in [0, 0.05) is 11.1 Å². The molecule has 0 fully saturated rings. The molecule has 0 radical (unpaired) electrons. The van der Waals surface area contributed by atoms with Crippen LogP contribution in [0.2, 0.25) is 5.02 Å². The summed E-state index contributed by atoms with van der Waals surface area (Å²) in [6, 6.07) is 10.8. The number of rotatable bonds is 4. The topological polar surface area (TPSA) is 55.2 Å². The zero-order chi connectivity index (χ0) is 12.1. The average Bonchev–Trinajstić information content (AvgIpc) is 2.37. The highest BCUT2D eigenvalue weighted by Crippen LogP contribution is 2.13. The zero-order valence-electron chi connectivity index (χ0n) is 9.01. The molecule has 88 valence electrons. The Balaban J connectivity index is 1.97. The minimum absolute atomic E-state index is 0.123. The molecule has 0 bridgehead atoms. The van der Waals surface area contributed by atoms with Gasteiger partial charge in [0.2, 0.25) is 5.88 Å². The van der Waals surface area contributed by atoms with E-state index in [1.54, 1.807) is 18.2 Å². The molecule has 0 spiro atoms. The number of aliphatic hydroxyl groups excluding tert-OH is 1. The molecule has 1 heterocycles. The number of ether oxygens (including phenoxy) is 1. The van der Waals surface area contributed by atoms with Crippen LogP contribution in [0.4, 0.5) is 0 Å². The van der Waals surface area contributed by atoms with Gasteiger partial charge in [0.15, 0.2) is 0 Å². The number of aromatic nitrogens is 2. The third-order valence-electron chi connectivity index (χ3n) is 2.13. The minimum atomic E-state index is -0.123. The molecule has 0 unspecified atom stereocenters. The van der Waals surface area contributed by atoms with Crippen molar-refractivity contribution >= 4 is 11.6 Å². The number of halogens is 1. The largest absolute Gasteiger partial charge is 0.472 e. The van der Waals surface area contributed by atoms with E-state index in [0.29, 0.717) is 23.2 Å². The Morgan fingerprint density at radius 2 is 2.06 bits per heavy atom. The Hall–Kier alpha value is -1.65. The van der Waals surface area contributed by atoms with Crippen LogP contribution >= 0.6 is 11.6 Å². The van der Waals surface area contributed by atoms with Crippen molar-refractivity contribution in [1.29, 1.82) is 0 Å². The predicted octanol–water partition coefficient (Wildman–Crippen LogP) is 2.20. The van der Waals surface area contributed by atoms with Crippen LogP contribution in [0.15, 0.2) is 36.4 Å². The summed E-state index contributed by atoms with van der Waals surface area (Å²) in [4.78, 5) is 0. The first-order valence-electron chi connectivity index (χ1n) is 5.08. The maximum Gasteiger partial charge on any atom is 0.233 e. The summed E-state index contributed by atoms with van der Waals surface area (Å²) in [6.45, 7) is 0.259. The second-order valence-corrected chi connectivity index (χ2v) is 3.88. The van der Waals surface area contributed by atoms with Gasteiger partial charge in [0.05, 0.1) is 12.3 Å². The lowest BCUT2D eigenvalue weighted by molar-refractivity contribution is 0.269. The molecule has 0 amide bonds. The molecule has 0 saturated heterocycles. The number of hydrogen-bond acceptors (Lipinski definition) is 4. The van der Waals surface area contributed by atoms with Crippen molar-refractivity contribution in [2.45, 2.75) is 13.2 Å². The van der Waals surface area contributed by atoms with E-state index in [-0.39, 0.29) is 6.61 Å². The second-order valence-electron chi connectivity index (χ2n) is 3.44. The van der Waals surface area contributed by atoms with E-state index in [9.17, 15) is 0 Å². The molecule has 1 aromatic heterocycles. The lowest BCUT2D eigenvalue weighted by Crippen LogP contribution is -1.99. The third kappa shape index (κ3) is 3.41. The first-order chi connectivity index (χ1) is 8.28. The van der Waals surface area contributed by atoms with E-state index < -0.39 is 0 Å². The highest BCUT2D eigenvalue weighted by Gasteiger charge is 1.99.